The minimum absolute atomic E-state index is 0.179. The maximum atomic E-state index is 6.02. The highest BCUT2D eigenvalue weighted by molar-refractivity contribution is 5.40. The van der Waals surface area contributed by atoms with E-state index in [1.165, 1.54) is 0 Å². The highest BCUT2D eigenvalue weighted by atomic mass is 16.5. The van der Waals surface area contributed by atoms with E-state index in [2.05, 4.69) is 12.2 Å². The third-order valence-electron chi connectivity index (χ3n) is 3.19. The lowest BCUT2D eigenvalue weighted by Gasteiger charge is -2.17. The van der Waals surface area contributed by atoms with E-state index in [0.717, 1.165) is 49.6 Å². The number of methoxy groups -OCH3 is 1. The Morgan fingerprint density at radius 2 is 2.32 bits per heavy atom. The fraction of sp³-hybridized carbons (Fsp3) is 0.600. The molecule has 1 fully saturated rings. The van der Waals surface area contributed by atoms with Gasteiger partial charge in [-0.25, -0.2) is 0 Å². The second kappa shape index (κ2) is 7.36. The van der Waals surface area contributed by atoms with Crippen molar-refractivity contribution in [1.29, 1.82) is 0 Å². The Morgan fingerprint density at radius 3 is 3.00 bits per heavy atom. The summed E-state index contributed by atoms with van der Waals surface area (Å²) in [5.74, 6) is 1.79. The van der Waals surface area contributed by atoms with Crippen LogP contribution in [0.3, 0.4) is 0 Å². The average Bonchev–Trinajstić information content (AvgIpc) is 2.93. The maximum absolute atomic E-state index is 6.02. The van der Waals surface area contributed by atoms with Crippen LogP contribution in [-0.2, 0) is 11.3 Å². The van der Waals surface area contributed by atoms with E-state index in [1.54, 1.807) is 7.11 Å². The van der Waals surface area contributed by atoms with Crippen LogP contribution in [0.25, 0.3) is 0 Å². The van der Waals surface area contributed by atoms with Gasteiger partial charge in [0.15, 0.2) is 0 Å². The molecule has 1 atom stereocenters. The van der Waals surface area contributed by atoms with E-state index in [4.69, 9.17) is 14.2 Å². The standard InChI is InChI=1S/C15H23NO3/c1-3-7-16-10-12-9-13(17-2)4-5-15(12)19-14-6-8-18-11-14/h4-5,9,14,16H,3,6-8,10-11H2,1-2H3. The predicted molar refractivity (Wildman–Crippen MR) is 74.8 cm³/mol. The molecule has 0 aromatic heterocycles. The number of benzene rings is 1. The average molecular weight is 265 g/mol. The van der Waals surface area contributed by atoms with Crippen LogP contribution in [0.4, 0.5) is 0 Å². The third-order valence-corrected chi connectivity index (χ3v) is 3.19. The second-order valence-electron chi connectivity index (χ2n) is 4.75. The SMILES string of the molecule is CCCNCc1cc(OC)ccc1OC1CCOC1. The molecule has 1 N–H and O–H groups in total. The Bertz CT molecular complexity index is 389. The normalized spacial score (nSPS) is 18.5. The van der Waals surface area contributed by atoms with Gasteiger partial charge < -0.3 is 19.5 Å². The van der Waals surface area contributed by atoms with Crippen molar-refractivity contribution >= 4 is 0 Å². The van der Waals surface area contributed by atoms with E-state index < -0.39 is 0 Å². The lowest BCUT2D eigenvalue weighted by molar-refractivity contribution is 0.140. The van der Waals surface area contributed by atoms with Crippen molar-refractivity contribution in [2.24, 2.45) is 0 Å². The highest BCUT2D eigenvalue weighted by Crippen LogP contribution is 2.26. The minimum atomic E-state index is 0.179. The van der Waals surface area contributed by atoms with Crippen LogP contribution in [0.5, 0.6) is 11.5 Å². The predicted octanol–water partition coefficient (Wildman–Crippen LogP) is 2.36. The lowest BCUT2D eigenvalue weighted by Crippen LogP contribution is -2.19. The molecule has 1 saturated heterocycles. The largest absolute Gasteiger partial charge is 0.497 e. The van der Waals surface area contributed by atoms with Crippen molar-refractivity contribution in [1.82, 2.24) is 5.32 Å². The van der Waals surface area contributed by atoms with Crippen molar-refractivity contribution in [3.8, 4) is 11.5 Å². The molecular weight excluding hydrogens is 242 g/mol. The Hall–Kier alpha value is -1.26. The van der Waals surface area contributed by atoms with Crippen molar-refractivity contribution < 1.29 is 14.2 Å². The molecule has 2 rings (SSSR count). The second-order valence-corrected chi connectivity index (χ2v) is 4.75. The number of ether oxygens (including phenoxy) is 3. The smallest absolute Gasteiger partial charge is 0.124 e. The minimum Gasteiger partial charge on any atom is -0.497 e. The topological polar surface area (TPSA) is 39.7 Å². The van der Waals surface area contributed by atoms with Crippen molar-refractivity contribution in [3.63, 3.8) is 0 Å². The lowest BCUT2D eigenvalue weighted by atomic mass is 10.1. The van der Waals surface area contributed by atoms with Gasteiger partial charge in [0.1, 0.15) is 17.6 Å². The van der Waals surface area contributed by atoms with Gasteiger partial charge in [0, 0.05) is 18.5 Å². The summed E-state index contributed by atoms with van der Waals surface area (Å²) in [6.07, 6.45) is 2.27. The molecule has 1 aliphatic heterocycles. The summed E-state index contributed by atoms with van der Waals surface area (Å²) in [4.78, 5) is 0. The zero-order valence-corrected chi connectivity index (χ0v) is 11.8. The molecule has 1 unspecified atom stereocenters. The van der Waals surface area contributed by atoms with Crippen LogP contribution in [-0.4, -0.2) is 33.0 Å². The molecule has 0 radical (unpaired) electrons. The molecule has 1 aliphatic rings. The molecule has 1 aromatic rings. The van der Waals surface area contributed by atoms with Crippen LogP contribution < -0.4 is 14.8 Å². The first-order valence-electron chi connectivity index (χ1n) is 6.95. The van der Waals surface area contributed by atoms with Gasteiger partial charge in [-0.2, -0.15) is 0 Å². The summed E-state index contributed by atoms with van der Waals surface area (Å²) in [5.41, 5.74) is 1.14. The highest BCUT2D eigenvalue weighted by Gasteiger charge is 2.18. The van der Waals surface area contributed by atoms with Gasteiger partial charge in [-0.05, 0) is 31.2 Å². The first-order chi connectivity index (χ1) is 9.33. The first-order valence-corrected chi connectivity index (χ1v) is 6.95. The summed E-state index contributed by atoms with van der Waals surface area (Å²) >= 11 is 0. The monoisotopic (exact) mass is 265 g/mol. The maximum Gasteiger partial charge on any atom is 0.124 e. The van der Waals surface area contributed by atoms with Gasteiger partial charge >= 0.3 is 0 Å². The van der Waals surface area contributed by atoms with Crippen LogP contribution in [0, 0.1) is 0 Å². The number of hydrogen-bond donors (Lipinski definition) is 1. The van der Waals surface area contributed by atoms with E-state index in [0.29, 0.717) is 6.61 Å². The molecule has 19 heavy (non-hydrogen) atoms. The van der Waals surface area contributed by atoms with Crippen LogP contribution in [0.1, 0.15) is 25.3 Å². The zero-order chi connectivity index (χ0) is 13.5. The van der Waals surface area contributed by atoms with E-state index in [9.17, 15) is 0 Å². The molecule has 0 saturated carbocycles. The van der Waals surface area contributed by atoms with Crippen LogP contribution in [0.15, 0.2) is 18.2 Å². The quantitative estimate of drug-likeness (QED) is 0.768. The third kappa shape index (κ3) is 4.11. The van der Waals surface area contributed by atoms with Gasteiger partial charge in [-0.15, -0.1) is 0 Å². The molecule has 4 nitrogen and oxygen atoms in total. The Balaban J connectivity index is 2.05. The number of hydrogen-bond acceptors (Lipinski definition) is 4. The molecule has 0 spiro atoms. The number of nitrogens with one attached hydrogen (secondary N) is 1. The van der Waals surface area contributed by atoms with Gasteiger partial charge in [-0.3, -0.25) is 0 Å². The molecule has 106 valence electrons. The molecule has 0 aliphatic carbocycles. The molecule has 4 heteroatoms. The summed E-state index contributed by atoms with van der Waals surface area (Å²) < 4.78 is 16.6. The van der Waals surface area contributed by atoms with E-state index >= 15 is 0 Å². The van der Waals surface area contributed by atoms with E-state index in [-0.39, 0.29) is 6.10 Å². The molecular formula is C15H23NO3. The summed E-state index contributed by atoms with van der Waals surface area (Å²) in [6.45, 7) is 5.45. The first kappa shape index (κ1) is 14.2. The molecule has 0 bridgehead atoms. The Kier molecular flexibility index (Phi) is 5.48. The van der Waals surface area contributed by atoms with Gasteiger partial charge in [-0.1, -0.05) is 6.92 Å². The number of rotatable bonds is 7. The molecule has 1 heterocycles. The summed E-state index contributed by atoms with van der Waals surface area (Å²) in [6, 6.07) is 5.96. The Morgan fingerprint density at radius 1 is 1.42 bits per heavy atom. The fourth-order valence-electron chi connectivity index (χ4n) is 2.12. The van der Waals surface area contributed by atoms with Gasteiger partial charge in [0.05, 0.1) is 20.3 Å². The zero-order valence-electron chi connectivity index (χ0n) is 11.8. The van der Waals surface area contributed by atoms with Crippen LogP contribution in [0.2, 0.25) is 0 Å². The van der Waals surface area contributed by atoms with Crippen molar-refractivity contribution in [2.45, 2.75) is 32.4 Å². The van der Waals surface area contributed by atoms with Crippen molar-refractivity contribution in [2.75, 3.05) is 26.9 Å². The molecule has 1 aromatic carbocycles. The van der Waals surface area contributed by atoms with Gasteiger partial charge in [0.2, 0.25) is 0 Å². The van der Waals surface area contributed by atoms with E-state index in [1.807, 2.05) is 18.2 Å². The Labute approximate surface area is 115 Å². The van der Waals surface area contributed by atoms with Gasteiger partial charge in [0.25, 0.3) is 0 Å². The summed E-state index contributed by atoms with van der Waals surface area (Å²) in [7, 11) is 1.68. The molecule has 0 amide bonds. The van der Waals surface area contributed by atoms with Crippen molar-refractivity contribution in [3.05, 3.63) is 23.8 Å². The van der Waals surface area contributed by atoms with Crippen LogP contribution >= 0.6 is 0 Å². The fourth-order valence-corrected chi connectivity index (χ4v) is 2.12. The summed E-state index contributed by atoms with van der Waals surface area (Å²) in [5, 5.41) is 3.40.